The normalized spacial score (nSPS) is 17.3. The lowest BCUT2D eigenvalue weighted by molar-refractivity contribution is -0.145. The molecule has 2 atom stereocenters. The van der Waals surface area contributed by atoms with Crippen molar-refractivity contribution in [3.63, 3.8) is 0 Å². The number of nitrogens with zero attached hydrogens (tertiary/aromatic N) is 2. The molecule has 2 unspecified atom stereocenters. The lowest BCUT2D eigenvalue weighted by Crippen LogP contribution is -2.58. The molecule has 50 heavy (non-hydrogen) atoms. The van der Waals surface area contributed by atoms with Crippen LogP contribution in [0.4, 0.5) is 14.5 Å². The Morgan fingerprint density at radius 3 is 2.64 bits per heavy atom. The number of methoxy groups -OCH3 is 1. The zero-order chi connectivity index (χ0) is 36.6. The maximum absolute atomic E-state index is 15.8. The second-order valence-corrected chi connectivity index (χ2v) is 16.5. The number of carbonyl (C=O) groups is 2. The molecule has 1 N–H and O–H groups in total. The van der Waals surface area contributed by atoms with Crippen molar-refractivity contribution in [2.75, 3.05) is 38.4 Å². The van der Waals surface area contributed by atoms with Crippen LogP contribution >= 0.6 is 22.9 Å². The van der Waals surface area contributed by atoms with Crippen molar-refractivity contribution in [3.8, 4) is 16.2 Å². The van der Waals surface area contributed by atoms with E-state index in [2.05, 4.69) is 10.3 Å². The van der Waals surface area contributed by atoms with Crippen LogP contribution < -0.4 is 10.1 Å². The van der Waals surface area contributed by atoms with Crippen molar-refractivity contribution in [1.29, 1.82) is 0 Å². The van der Waals surface area contributed by atoms with Crippen LogP contribution in [0.25, 0.3) is 21.5 Å². The lowest BCUT2D eigenvalue weighted by Gasteiger charge is -2.45. The number of thiophene rings is 1. The largest absolute Gasteiger partial charge is 0.479 e. The molecule has 2 aromatic carbocycles. The van der Waals surface area contributed by atoms with Gasteiger partial charge in [0.15, 0.2) is 22.8 Å². The Balaban J connectivity index is 1.34. The van der Waals surface area contributed by atoms with Crippen LogP contribution in [0, 0.1) is 0 Å². The van der Waals surface area contributed by atoms with Gasteiger partial charge in [-0.25, -0.2) is 27.2 Å². The first-order valence-corrected chi connectivity index (χ1v) is 19.4. The number of halogens is 3. The van der Waals surface area contributed by atoms with Crippen LogP contribution in [0.1, 0.15) is 48.8 Å². The minimum atomic E-state index is -5.21. The fourth-order valence-electron chi connectivity index (χ4n) is 5.70. The summed E-state index contributed by atoms with van der Waals surface area (Å²) in [7, 11) is -5.60. The van der Waals surface area contributed by atoms with E-state index in [1.165, 1.54) is 19.4 Å². The van der Waals surface area contributed by atoms with Crippen LogP contribution in [0.5, 0.6) is 5.75 Å². The van der Waals surface area contributed by atoms with Crippen LogP contribution in [0.3, 0.4) is 0 Å². The van der Waals surface area contributed by atoms with E-state index in [1.807, 2.05) is 0 Å². The van der Waals surface area contributed by atoms with Crippen LogP contribution in [-0.2, 0) is 40.3 Å². The number of anilines is 1. The van der Waals surface area contributed by atoms with Gasteiger partial charge >= 0.3 is 17.2 Å². The molecule has 0 aliphatic carbocycles. The molecule has 2 aromatic heterocycles. The second-order valence-electron chi connectivity index (χ2n) is 11.9. The third kappa shape index (κ3) is 7.37. The number of esters is 2. The van der Waals surface area contributed by atoms with Gasteiger partial charge in [-0.15, -0.1) is 11.3 Å². The summed E-state index contributed by atoms with van der Waals surface area (Å²) in [5.41, 5.74) is -0.679. The third-order valence-corrected chi connectivity index (χ3v) is 12.5. The molecule has 1 aliphatic rings. The number of hydrogen-bond donors (Lipinski definition) is 1. The summed E-state index contributed by atoms with van der Waals surface area (Å²) < 4.78 is 92.0. The lowest BCUT2D eigenvalue weighted by atomic mass is 9.89. The molecule has 0 amide bonds. The van der Waals surface area contributed by atoms with E-state index in [0.717, 1.165) is 27.8 Å². The molecule has 3 heterocycles. The van der Waals surface area contributed by atoms with Gasteiger partial charge in [0.05, 0.1) is 18.6 Å². The van der Waals surface area contributed by atoms with E-state index >= 15 is 8.78 Å². The standard InChI is InChI=1S/C32H34ClF2N3O9S3/c1-6-45-24(39)17-46-26-25(33)27(48-28(26)29(40)44-4)18-8-7-9-20(14-18)36-21-12-13-38(31(2,3)16-21)50(42,43)32(34,35)19-10-11-22-23(15-19)47-30(37-22)49(5)41/h7-11,14-15,21,36H,6,12-13,16-17H2,1-5H3. The first kappa shape index (κ1) is 37.6. The van der Waals surface area contributed by atoms with E-state index < -0.39 is 55.7 Å². The van der Waals surface area contributed by atoms with Gasteiger partial charge in [-0.1, -0.05) is 23.7 Å². The fraction of sp³-hybridized carbons (Fsp3) is 0.406. The summed E-state index contributed by atoms with van der Waals surface area (Å²) in [6.07, 6.45) is 1.73. The quantitative estimate of drug-likeness (QED) is 0.159. The number of oxazole rings is 1. The number of rotatable bonds is 12. The Morgan fingerprint density at radius 2 is 1.98 bits per heavy atom. The molecule has 5 rings (SSSR count). The molecule has 0 radical (unpaired) electrons. The summed E-state index contributed by atoms with van der Waals surface area (Å²) >= 11 is 7.67. The van der Waals surface area contributed by atoms with Gasteiger partial charge in [-0.2, -0.15) is 13.1 Å². The summed E-state index contributed by atoms with van der Waals surface area (Å²) in [4.78, 5) is 28.9. The van der Waals surface area contributed by atoms with E-state index in [0.29, 0.717) is 16.1 Å². The number of nitrogens with one attached hydrogen (secondary N) is 1. The molecule has 18 heteroatoms. The molecule has 0 bridgehead atoms. The number of hydrogen-bond acceptors (Lipinski definition) is 12. The highest BCUT2D eigenvalue weighted by Crippen LogP contribution is 2.47. The smallest absolute Gasteiger partial charge is 0.384 e. The number of aromatic nitrogens is 1. The zero-order valence-corrected chi connectivity index (χ0v) is 30.8. The fourth-order valence-corrected chi connectivity index (χ4v) is 9.39. The summed E-state index contributed by atoms with van der Waals surface area (Å²) in [5, 5.41) is -0.981. The Kier molecular flexibility index (Phi) is 10.9. The molecular weight excluding hydrogens is 740 g/mol. The minimum Gasteiger partial charge on any atom is -0.479 e. The molecule has 270 valence electrons. The highest BCUT2D eigenvalue weighted by atomic mass is 35.5. The number of sulfonamides is 1. The van der Waals surface area contributed by atoms with Crippen molar-refractivity contribution in [2.45, 2.75) is 55.7 Å². The average Bonchev–Trinajstić information content (AvgIpc) is 3.64. The van der Waals surface area contributed by atoms with E-state index in [4.69, 9.17) is 30.2 Å². The van der Waals surface area contributed by atoms with E-state index in [-0.39, 0.29) is 64.0 Å². The van der Waals surface area contributed by atoms with Crippen molar-refractivity contribution in [3.05, 3.63) is 57.9 Å². The maximum atomic E-state index is 15.8. The minimum absolute atomic E-state index is 0.0139. The molecule has 4 aromatic rings. The first-order chi connectivity index (χ1) is 23.5. The number of carbonyl (C=O) groups excluding carboxylic acids is 2. The highest BCUT2D eigenvalue weighted by Gasteiger charge is 2.55. The third-order valence-electron chi connectivity index (χ3n) is 7.98. The van der Waals surface area contributed by atoms with Gasteiger partial charge in [0.25, 0.3) is 15.2 Å². The zero-order valence-electron chi connectivity index (χ0n) is 27.6. The van der Waals surface area contributed by atoms with Crippen molar-refractivity contribution < 1.29 is 49.6 Å². The number of benzene rings is 2. The molecule has 1 aliphatic heterocycles. The summed E-state index contributed by atoms with van der Waals surface area (Å²) in [5.74, 6) is -1.35. The first-order valence-electron chi connectivity index (χ1n) is 15.2. The highest BCUT2D eigenvalue weighted by molar-refractivity contribution is 7.89. The predicted octanol–water partition coefficient (Wildman–Crippen LogP) is 6.41. The van der Waals surface area contributed by atoms with E-state index in [9.17, 15) is 22.2 Å². The summed E-state index contributed by atoms with van der Waals surface area (Å²) in [6, 6.07) is 9.87. The van der Waals surface area contributed by atoms with Crippen LogP contribution in [0.15, 0.2) is 52.1 Å². The van der Waals surface area contributed by atoms with Crippen molar-refractivity contribution in [2.24, 2.45) is 0 Å². The Labute approximate surface area is 298 Å². The summed E-state index contributed by atoms with van der Waals surface area (Å²) in [6.45, 7) is 4.32. The van der Waals surface area contributed by atoms with Crippen LogP contribution in [-0.4, -0.2) is 78.6 Å². The van der Waals surface area contributed by atoms with Gasteiger partial charge < -0.3 is 23.9 Å². The van der Waals surface area contributed by atoms with Crippen molar-refractivity contribution >= 4 is 72.5 Å². The molecule has 1 saturated heterocycles. The Hall–Kier alpha value is -3.64. The predicted molar refractivity (Wildman–Crippen MR) is 185 cm³/mol. The van der Waals surface area contributed by atoms with Gasteiger partial charge in [0.1, 0.15) is 21.3 Å². The molecule has 12 nitrogen and oxygen atoms in total. The SMILES string of the molecule is CCOC(=O)COc1c(C(=O)OC)sc(-c2cccc(NC3CCN(S(=O)(=O)C(F)(F)c4ccc5nc(S(C)=O)oc5c4)C(C)(C)C3)c2)c1Cl. The second kappa shape index (κ2) is 14.5. The molecular formula is C32H34ClF2N3O9S3. The number of fused-ring (bicyclic) bond motifs is 1. The monoisotopic (exact) mass is 773 g/mol. The van der Waals surface area contributed by atoms with Crippen LogP contribution in [0.2, 0.25) is 5.02 Å². The van der Waals surface area contributed by atoms with E-state index in [1.54, 1.807) is 45.0 Å². The van der Waals surface area contributed by atoms with Gasteiger partial charge in [-0.05, 0) is 69.5 Å². The Morgan fingerprint density at radius 1 is 1.24 bits per heavy atom. The van der Waals surface area contributed by atoms with Gasteiger partial charge in [0, 0.05) is 35.6 Å². The maximum Gasteiger partial charge on any atom is 0.384 e. The Bertz CT molecular complexity index is 2070. The topological polar surface area (TPSA) is 154 Å². The molecule has 0 saturated carbocycles. The number of ether oxygens (including phenoxy) is 3. The molecule has 1 fully saturated rings. The average molecular weight is 774 g/mol. The molecule has 0 spiro atoms. The van der Waals surface area contributed by atoms with Gasteiger partial charge in [0.2, 0.25) is 0 Å². The number of piperidine rings is 1. The van der Waals surface area contributed by atoms with Gasteiger partial charge in [-0.3, -0.25) is 0 Å². The number of alkyl halides is 2. The van der Waals surface area contributed by atoms with Crippen molar-refractivity contribution in [1.82, 2.24) is 9.29 Å².